The van der Waals surface area contributed by atoms with Crippen LogP contribution in [0.4, 0.5) is 13.2 Å². The van der Waals surface area contributed by atoms with Crippen molar-refractivity contribution in [3.05, 3.63) is 94.0 Å². The van der Waals surface area contributed by atoms with Gasteiger partial charge < -0.3 is 15.2 Å². The molecule has 1 aliphatic rings. The molecule has 1 heterocycles. The van der Waals surface area contributed by atoms with Gasteiger partial charge in [0.15, 0.2) is 11.5 Å². The average Bonchev–Trinajstić information content (AvgIpc) is 2.87. The number of rotatable bonds is 8. The van der Waals surface area contributed by atoms with Gasteiger partial charge >= 0.3 is 6.18 Å². The minimum absolute atomic E-state index is 0.282. The standard InChI is InChI=1S/C29H31F3N2O3/c1-18-9-11-22(29(30,31)32)15-20(18)10-12-24-23-17-26(37-3)25(36-2)16-21(23)13-14-34(24)27(28(33)35)19-7-5-4-6-8-19/h4-9,11,15-17,24,27H,10,12-14H2,1-3H3,(H2,33,35). The number of alkyl halides is 3. The Morgan fingerprint density at radius 3 is 2.35 bits per heavy atom. The van der Waals surface area contributed by atoms with E-state index in [1.54, 1.807) is 14.2 Å². The topological polar surface area (TPSA) is 64.8 Å². The van der Waals surface area contributed by atoms with E-state index in [2.05, 4.69) is 4.90 Å². The Kier molecular flexibility index (Phi) is 7.78. The number of primary amides is 1. The second-order valence-corrected chi connectivity index (χ2v) is 9.30. The van der Waals surface area contributed by atoms with Gasteiger partial charge in [-0.25, -0.2) is 0 Å². The molecule has 0 saturated carbocycles. The number of aryl methyl sites for hydroxylation is 2. The Morgan fingerprint density at radius 1 is 1.05 bits per heavy atom. The van der Waals surface area contributed by atoms with Gasteiger partial charge in [0.2, 0.25) is 5.91 Å². The lowest BCUT2D eigenvalue weighted by atomic mass is 9.85. The lowest BCUT2D eigenvalue weighted by molar-refractivity contribution is -0.137. The Hall–Kier alpha value is -3.52. The quantitative estimate of drug-likeness (QED) is 0.415. The number of methoxy groups -OCH3 is 2. The molecule has 1 amide bonds. The van der Waals surface area contributed by atoms with E-state index in [9.17, 15) is 18.0 Å². The highest BCUT2D eigenvalue weighted by atomic mass is 19.4. The molecule has 0 saturated heterocycles. The summed E-state index contributed by atoms with van der Waals surface area (Å²) in [6.07, 6.45) is -2.88. The van der Waals surface area contributed by atoms with Crippen molar-refractivity contribution >= 4 is 5.91 Å². The predicted molar refractivity (Wildman–Crippen MR) is 136 cm³/mol. The minimum atomic E-state index is -4.42. The molecular formula is C29H31F3N2O3. The van der Waals surface area contributed by atoms with Crippen LogP contribution in [0.25, 0.3) is 0 Å². The molecule has 0 fully saturated rings. The van der Waals surface area contributed by atoms with Crippen molar-refractivity contribution in [1.82, 2.24) is 4.90 Å². The molecule has 4 rings (SSSR count). The van der Waals surface area contributed by atoms with Gasteiger partial charge in [-0.15, -0.1) is 0 Å². The molecule has 196 valence electrons. The SMILES string of the molecule is COc1cc2c(cc1OC)C(CCc1cc(C(F)(F)F)ccc1C)N(C(C(N)=O)c1ccccc1)CC2. The fourth-order valence-electron chi connectivity index (χ4n) is 5.24. The summed E-state index contributed by atoms with van der Waals surface area (Å²) >= 11 is 0. The second kappa shape index (κ2) is 10.8. The summed E-state index contributed by atoms with van der Waals surface area (Å²) in [5.41, 5.74) is 9.46. The monoisotopic (exact) mass is 512 g/mol. The largest absolute Gasteiger partial charge is 0.493 e. The summed E-state index contributed by atoms with van der Waals surface area (Å²) in [6.45, 7) is 2.36. The van der Waals surface area contributed by atoms with Gasteiger partial charge in [-0.05, 0) is 78.3 Å². The van der Waals surface area contributed by atoms with Crippen molar-refractivity contribution in [2.24, 2.45) is 5.73 Å². The van der Waals surface area contributed by atoms with E-state index in [1.165, 1.54) is 12.1 Å². The average molecular weight is 513 g/mol. The van der Waals surface area contributed by atoms with Crippen LogP contribution in [0.2, 0.25) is 0 Å². The van der Waals surface area contributed by atoms with E-state index in [0.717, 1.165) is 28.3 Å². The lowest BCUT2D eigenvalue weighted by Crippen LogP contribution is -2.44. The van der Waals surface area contributed by atoms with Gasteiger partial charge in [0.25, 0.3) is 0 Å². The number of fused-ring (bicyclic) bond motifs is 1. The third-order valence-electron chi connectivity index (χ3n) is 7.12. The van der Waals surface area contributed by atoms with E-state index < -0.39 is 23.7 Å². The van der Waals surface area contributed by atoms with Crippen LogP contribution in [-0.4, -0.2) is 31.6 Å². The summed E-state index contributed by atoms with van der Waals surface area (Å²) < 4.78 is 51.3. The van der Waals surface area contributed by atoms with Crippen LogP contribution in [0, 0.1) is 6.92 Å². The highest BCUT2D eigenvalue weighted by molar-refractivity contribution is 5.81. The van der Waals surface area contributed by atoms with E-state index in [0.29, 0.717) is 42.9 Å². The number of hydrogen-bond donors (Lipinski definition) is 1. The number of benzene rings is 3. The highest BCUT2D eigenvalue weighted by Crippen LogP contribution is 2.43. The zero-order chi connectivity index (χ0) is 26.7. The van der Waals surface area contributed by atoms with E-state index >= 15 is 0 Å². The predicted octanol–water partition coefficient (Wildman–Crippen LogP) is 5.79. The summed E-state index contributed by atoms with van der Waals surface area (Å²) in [4.78, 5) is 14.8. The van der Waals surface area contributed by atoms with E-state index in [1.807, 2.05) is 49.4 Å². The molecule has 8 heteroatoms. The molecule has 2 atom stereocenters. The number of carbonyl (C=O) groups is 1. The second-order valence-electron chi connectivity index (χ2n) is 9.30. The Balaban J connectivity index is 1.77. The summed E-state index contributed by atoms with van der Waals surface area (Å²) in [5, 5.41) is 0. The Bertz CT molecular complexity index is 1260. The third-order valence-corrected chi connectivity index (χ3v) is 7.12. The zero-order valence-corrected chi connectivity index (χ0v) is 21.1. The first-order valence-electron chi connectivity index (χ1n) is 12.2. The van der Waals surface area contributed by atoms with Gasteiger partial charge in [0.05, 0.1) is 19.8 Å². The molecule has 0 aliphatic carbocycles. The van der Waals surface area contributed by atoms with Crippen molar-refractivity contribution in [1.29, 1.82) is 0 Å². The van der Waals surface area contributed by atoms with Crippen molar-refractivity contribution in [2.45, 2.75) is 44.4 Å². The van der Waals surface area contributed by atoms with Gasteiger partial charge in [0.1, 0.15) is 6.04 Å². The van der Waals surface area contributed by atoms with Crippen LogP contribution in [0.1, 0.15) is 51.9 Å². The molecule has 0 spiro atoms. The highest BCUT2D eigenvalue weighted by Gasteiger charge is 2.37. The number of hydrogen-bond acceptors (Lipinski definition) is 4. The molecule has 5 nitrogen and oxygen atoms in total. The fourth-order valence-corrected chi connectivity index (χ4v) is 5.24. The van der Waals surface area contributed by atoms with Crippen LogP contribution in [0.5, 0.6) is 11.5 Å². The number of carbonyl (C=O) groups excluding carboxylic acids is 1. The lowest BCUT2D eigenvalue weighted by Gasteiger charge is -2.42. The molecular weight excluding hydrogens is 481 g/mol. The molecule has 0 aromatic heterocycles. The van der Waals surface area contributed by atoms with Crippen molar-refractivity contribution in [3.8, 4) is 11.5 Å². The van der Waals surface area contributed by atoms with Crippen molar-refractivity contribution in [2.75, 3.05) is 20.8 Å². The molecule has 2 N–H and O–H groups in total. The van der Waals surface area contributed by atoms with E-state index in [4.69, 9.17) is 15.2 Å². The summed E-state index contributed by atoms with van der Waals surface area (Å²) in [7, 11) is 3.13. The smallest absolute Gasteiger partial charge is 0.416 e. The minimum Gasteiger partial charge on any atom is -0.493 e. The maximum absolute atomic E-state index is 13.4. The Morgan fingerprint density at radius 2 is 1.73 bits per heavy atom. The third kappa shape index (κ3) is 5.59. The first-order valence-corrected chi connectivity index (χ1v) is 12.2. The number of nitrogens with two attached hydrogens (primary N) is 1. The molecule has 0 bridgehead atoms. The first kappa shape index (κ1) is 26.5. The summed E-state index contributed by atoms with van der Waals surface area (Å²) in [5.74, 6) is 0.686. The molecule has 1 aliphatic heterocycles. The van der Waals surface area contributed by atoms with Crippen LogP contribution in [-0.2, 0) is 23.8 Å². The number of amides is 1. The molecule has 3 aromatic rings. The van der Waals surface area contributed by atoms with Gasteiger partial charge in [-0.2, -0.15) is 13.2 Å². The maximum atomic E-state index is 13.4. The van der Waals surface area contributed by atoms with Crippen LogP contribution >= 0.6 is 0 Å². The zero-order valence-electron chi connectivity index (χ0n) is 21.1. The van der Waals surface area contributed by atoms with Crippen LogP contribution in [0.3, 0.4) is 0 Å². The van der Waals surface area contributed by atoms with Crippen molar-refractivity contribution < 1.29 is 27.4 Å². The maximum Gasteiger partial charge on any atom is 0.416 e. The Labute approximate surface area is 215 Å². The molecule has 0 radical (unpaired) electrons. The van der Waals surface area contributed by atoms with Crippen molar-refractivity contribution in [3.63, 3.8) is 0 Å². The van der Waals surface area contributed by atoms with Crippen LogP contribution < -0.4 is 15.2 Å². The van der Waals surface area contributed by atoms with Gasteiger partial charge in [0, 0.05) is 12.6 Å². The molecule has 2 unspecified atom stereocenters. The molecule has 37 heavy (non-hydrogen) atoms. The van der Waals surface area contributed by atoms with Gasteiger partial charge in [-0.3, -0.25) is 9.69 Å². The number of nitrogens with zero attached hydrogens (tertiary/aromatic N) is 1. The normalized spacial score (nSPS) is 16.6. The number of ether oxygens (including phenoxy) is 2. The first-order chi connectivity index (χ1) is 17.6. The van der Waals surface area contributed by atoms with Crippen LogP contribution in [0.15, 0.2) is 60.7 Å². The summed E-state index contributed by atoms with van der Waals surface area (Å²) in [6, 6.07) is 16.1. The van der Waals surface area contributed by atoms with Gasteiger partial charge in [-0.1, -0.05) is 36.4 Å². The van der Waals surface area contributed by atoms with E-state index in [-0.39, 0.29) is 6.04 Å². The number of halogens is 3. The fraction of sp³-hybridized carbons (Fsp3) is 0.345. The molecule has 3 aromatic carbocycles.